The van der Waals surface area contributed by atoms with E-state index < -0.39 is 0 Å². The largest absolute Gasteiger partial charge is 0.315 e. The van der Waals surface area contributed by atoms with Crippen molar-refractivity contribution < 1.29 is 0 Å². The van der Waals surface area contributed by atoms with Crippen LogP contribution in [0.1, 0.15) is 18.9 Å². The lowest BCUT2D eigenvalue weighted by molar-refractivity contribution is 0.606. The van der Waals surface area contributed by atoms with Crippen molar-refractivity contribution in [1.82, 2.24) is 10.6 Å². The number of benzene rings is 1. The fourth-order valence-electron chi connectivity index (χ4n) is 1.38. The molecule has 0 fully saturated rings. The van der Waals surface area contributed by atoms with Gasteiger partial charge in [0, 0.05) is 28.6 Å². The minimum Gasteiger partial charge on any atom is -0.315 e. The second kappa shape index (κ2) is 8.23. The molecule has 1 rings (SSSR count). The molecular formula is C12H18Br2N2. The first-order chi connectivity index (χ1) is 7.74. The van der Waals surface area contributed by atoms with Crippen molar-refractivity contribution in [3.05, 3.63) is 32.7 Å². The smallest absolute Gasteiger partial charge is 0.0221 e. The van der Waals surface area contributed by atoms with E-state index in [9.17, 15) is 0 Å². The van der Waals surface area contributed by atoms with Crippen LogP contribution < -0.4 is 10.6 Å². The molecule has 90 valence electrons. The average Bonchev–Trinajstić information content (AvgIpc) is 2.28. The molecule has 0 aliphatic rings. The van der Waals surface area contributed by atoms with Crippen molar-refractivity contribution in [2.45, 2.75) is 19.9 Å². The van der Waals surface area contributed by atoms with Gasteiger partial charge in [-0.15, -0.1) is 0 Å². The van der Waals surface area contributed by atoms with Crippen molar-refractivity contribution >= 4 is 31.9 Å². The number of hydrogen-bond acceptors (Lipinski definition) is 2. The standard InChI is InChI=1S/C12H18Br2N2/c1-2-5-15-6-7-16-9-10-8-11(13)3-4-12(10)14/h3-4,8,15-16H,2,5-7,9H2,1H3. The molecule has 2 nitrogen and oxygen atoms in total. The molecule has 0 spiro atoms. The van der Waals surface area contributed by atoms with Crippen LogP contribution in [0.25, 0.3) is 0 Å². The van der Waals surface area contributed by atoms with E-state index in [4.69, 9.17) is 0 Å². The van der Waals surface area contributed by atoms with Crippen molar-refractivity contribution in [3.63, 3.8) is 0 Å². The maximum atomic E-state index is 3.55. The second-order valence-corrected chi connectivity index (χ2v) is 5.43. The molecule has 0 radical (unpaired) electrons. The van der Waals surface area contributed by atoms with Gasteiger partial charge in [-0.1, -0.05) is 38.8 Å². The van der Waals surface area contributed by atoms with E-state index in [1.165, 1.54) is 12.0 Å². The predicted molar refractivity (Wildman–Crippen MR) is 76.7 cm³/mol. The lowest BCUT2D eigenvalue weighted by Crippen LogP contribution is -2.27. The van der Waals surface area contributed by atoms with Gasteiger partial charge in [-0.2, -0.15) is 0 Å². The van der Waals surface area contributed by atoms with Gasteiger partial charge < -0.3 is 10.6 Å². The number of nitrogens with one attached hydrogen (secondary N) is 2. The second-order valence-electron chi connectivity index (χ2n) is 3.66. The fourth-order valence-corrected chi connectivity index (χ4v) is 2.18. The van der Waals surface area contributed by atoms with Crippen LogP contribution in [0.4, 0.5) is 0 Å². The van der Waals surface area contributed by atoms with Crippen LogP contribution in [0.2, 0.25) is 0 Å². The molecule has 16 heavy (non-hydrogen) atoms. The van der Waals surface area contributed by atoms with E-state index in [-0.39, 0.29) is 0 Å². The first kappa shape index (κ1) is 14.2. The number of rotatable bonds is 7. The third kappa shape index (κ3) is 5.43. The summed E-state index contributed by atoms with van der Waals surface area (Å²) < 4.78 is 2.28. The molecule has 1 aromatic carbocycles. The normalized spacial score (nSPS) is 10.7. The Morgan fingerprint density at radius 2 is 1.81 bits per heavy atom. The Balaban J connectivity index is 2.23. The Kier molecular flexibility index (Phi) is 7.28. The summed E-state index contributed by atoms with van der Waals surface area (Å²) in [6.45, 7) is 6.20. The third-order valence-corrected chi connectivity index (χ3v) is 3.50. The Hall–Kier alpha value is 0.1000. The predicted octanol–water partition coefficient (Wildman–Crippen LogP) is 3.30. The minimum atomic E-state index is 0.897. The van der Waals surface area contributed by atoms with Crippen LogP contribution in [0.5, 0.6) is 0 Å². The first-order valence-electron chi connectivity index (χ1n) is 5.59. The Morgan fingerprint density at radius 1 is 1.06 bits per heavy atom. The molecule has 2 N–H and O–H groups in total. The van der Waals surface area contributed by atoms with Gasteiger partial charge in [0.15, 0.2) is 0 Å². The SMILES string of the molecule is CCCNCCNCc1cc(Br)ccc1Br. The van der Waals surface area contributed by atoms with E-state index in [0.29, 0.717) is 0 Å². The highest BCUT2D eigenvalue weighted by Gasteiger charge is 1.99. The maximum absolute atomic E-state index is 3.55. The van der Waals surface area contributed by atoms with Crippen molar-refractivity contribution in [2.75, 3.05) is 19.6 Å². The highest BCUT2D eigenvalue weighted by molar-refractivity contribution is 9.11. The lowest BCUT2D eigenvalue weighted by Gasteiger charge is -2.08. The molecule has 4 heteroatoms. The number of hydrogen-bond donors (Lipinski definition) is 2. The zero-order valence-electron chi connectivity index (χ0n) is 9.52. The van der Waals surface area contributed by atoms with Crippen LogP contribution in [-0.4, -0.2) is 19.6 Å². The van der Waals surface area contributed by atoms with Crippen molar-refractivity contribution in [2.24, 2.45) is 0 Å². The van der Waals surface area contributed by atoms with Crippen LogP contribution in [0.15, 0.2) is 27.1 Å². The molecule has 0 saturated carbocycles. The molecule has 0 aliphatic heterocycles. The summed E-state index contributed by atoms with van der Waals surface area (Å²) in [5.74, 6) is 0. The van der Waals surface area contributed by atoms with E-state index in [0.717, 1.165) is 35.1 Å². The molecule has 0 atom stereocenters. The number of halogens is 2. The molecule has 0 bridgehead atoms. The summed E-state index contributed by atoms with van der Waals surface area (Å²) in [5, 5.41) is 6.78. The zero-order valence-corrected chi connectivity index (χ0v) is 12.7. The summed E-state index contributed by atoms with van der Waals surface area (Å²) in [4.78, 5) is 0. The van der Waals surface area contributed by atoms with Crippen molar-refractivity contribution in [1.29, 1.82) is 0 Å². The van der Waals surface area contributed by atoms with E-state index >= 15 is 0 Å². The molecule has 0 aromatic heterocycles. The van der Waals surface area contributed by atoms with Gasteiger partial charge >= 0.3 is 0 Å². The van der Waals surface area contributed by atoms with E-state index in [1.807, 2.05) is 6.07 Å². The monoisotopic (exact) mass is 348 g/mol. The lowest BCUT2D eigenvalue weighted by atomic mass is 10.2. The molecular weight excluding hydrogens is 332 g/mol. The van der Waals surface area contributed by atoms with Gasteiger partial charge in [-0.25, -0.2) is 0 Å². The zero-order chi connectivity index (χ0) is 11.8. The molecule has 0 unspecified atom stereocenters. The molecule has 0 saturated heterocycles. The van der Waals surface area contributed by atoms with Gasteiger partial charge in [0.05, 0.1) is 0 Å². The summed E-state index contributed by atoms with van der Waals surface area (Å²) in [5.41, 5.74) is 1.28. The average molecular weight is 350 g/mol. The fraction of sp³-hybridized carbons (Fsp3) is 0.500. The summed E-state index contributed by atoms with van der Waals surface area (Å²) >= 11 is 7.03. The first-order valence-corrected chi connectivity index (χ1v) is 7.18. The molecule has 1 aromatic rings. The van der Waals surface area contributed by atoms with Gasteiger partial charge in [-0.05, 0) is 36.7 Å². The van der Waals surface area contributed by atoms with Crippen LogP contribution in [-0.2, 0) is 6.54 Å². The summed E-state index contributed by atoms with van der Waals surface area (Å²) in [7, 11) is 0. The summed E-state index contributed by atoms with van der Waals surface area (Å²) in [6, 6.07) is 6.24. The topological polar surface area (TPSA) is 24.1 Å². The van der Waals surface area contributed by atoms with Gasteiger partial charge in [0.25, 0.3) is 0 Å². The van der Waals surface area contributed by atoms with Crippen LogP contribution in [0, 0.1) is 0 Å². The highest BCUT2D eigenvalue weighted by Crippen LogP contribution is 2.21. The van der Waals surface area contributed by atoms with Crippen molar-refractivity contribution in [3.8, 4) is 0 Å². The minimum absolute atomic E-state index is 0.897. The summed E-state index contributed by atoms with van der Waals surface area (Å²) in [6.07, 6.45) is 1.19. The van der Waals surface area contributed by atoms with Crippen LogP contribution in [0.3, 0.4) is 0 Å². The highest BCUT2D eigenvalue weighted by atomic mass is 79.9. The quantitative estimate of drug-likeness (QED) is 0.738. The molecule has 0 heterocycles. The van der Waals surface area contributed by atoms with E-state index in [2.05, 4.69) is 61.5 Å². The Labute approximate surface area is 114 Å². The Bertz CT molecular complexity index is 316. The molecule has 0 aliphatic carbocycles. The van der Waals surface area contributed by atoms with Gasteiger partial charge in [-0.3, -0.25) is 0 Å². The molecule has 0 amide bonds. The van der Waals surface area contributed by atoms with Gasteiger partial charge in [0.1, 0.15) is 0 Å². The maximum Gasteiger partial charge on any atom is 0.0221 e. The van der Waals surface area contributed by atoms with E-state index in [1.54, 1.807) is 0 Å². The third-order valence-electron chi connectivity index (χ3n) is 2.23. The Morgan fingerprint density at radius 3 is 2.56 bits per heavy atom. The van der Waals surface area contributed by atoms with Crippen LogP contribution >= 0.6 is 31.9 Å². The van der Waals surface area contributed by atoms with Gasteiger partial charge in [0.2, 0.25) is 0 Å².